The van der Waals surface area contributed by atoms with Gasteiger partial charge >= 0.3 is 5.97 Å². The van der Waals surface area contributed by atoms with Crippen molar-refractivity contribution >= 4 is 11.7 Å². The lowest BCUT2D eigenvalue weighted by atomic mass is 10.0. The van der Waals surface area contributed by atoms with Crippen LogP contribution in [0.2, 0.25) is 0 Å². The van der Waals surface area contributed by atoms with Crippen molar-refractivity contribution in [3.63, 3.8) is 0 Å². The van der Waals surface area contributed by atoms with Crippen LogP contribution in [0.15, 0.2) is 121 Å². The van der Waals surface area contributed by atoms with Gasteiger partial charge in [0, 0.05) is 12.1 Å². The molecule has 5 aromatic carbocycles. The summed E-state index contributed by atoms with van der Waals surface area (Å²) >= 11 is 0. The highest BCUT2D eigenvalue weighted by molar-refractivity contribution is 5.90. The van der Waals surface area contributed by atoms with Gasteiger partial charge in [-0.05, 0) is 128 Å². The number of nitro benzene ring substituents is 1. The lowest BCUT2D eigenvalue weighted by molar-refractivity contribution is -0.384. The molecular weight excluding hydrogens is 656 g/mol. The number of hydrogen-bond donors (Lipinski definition) is 0. The molecule has 0 atom stereocenters. The van der Waals surface area contributed by atoms with Crippen LogP contribution in [0, 0.1) is 21.4 Å². The van der Waals surface area contributed by atoms with Crippen LogP contribution in [0.1, 0.15) is 60.9 Å². The maximum absolute atomic E-state index is 12.6. The SMILES string of the molecule is N#Cc1ccc(-c2ccc(OCCCCCOC(=O)c3ccc(-c4ccc(OCCCCCCOc5ccc([N+](=O)[O-])cc5)cc4)cc3)cc2)cc1. The van der Waals surface area contributed by atoms with Gasteiger partial charge in [-0.3, -0.25) is 10.1 Å². The normalized spacial score (nSPS) is 10.6. The maximum Gasteiger partial charge on any atom is 0.338 e. The molecule has 5 rings (SSSR count). The average molecular weight is 699 g/mol. The molecule has 5 aromatic rings. The first-order valence-corrected chi connectivity index (χ1v) is 17.6. The molecule has 0 amide bonds. The van der Waals surface area contributed by atoms with E-state index in [1.54, 1.807) is 24.3 Å². The summed E-state index contributed by atoms with van der Waals surface area (Å²) in [6, 6.07) is 39.0. The van der Waals surface area contributed by atoms with Crippen LogP contribution in [0.5, 0.6) is 17.2 Å². The Morgan fingerprint density at radius 1 is 0.519 bits per heavy atom. The Morgan fingerprint density at radius 2 is 0.885 bits per heavy atom. The number of hydrogen-bond acceptors (Lipinski definition) is 8. The monoisotopic (exact) mass is 698 g/mol. The fraction of sp³-hybridized carbons (Fsp3) is 0.256. The van der Waals surface area contributed by atoms with Gasteiger partial charge in [0.2, 0.25) is 0 Å². The van der Waals surface area contributed by atoms with Gasteiger partial charge in [0.1, 0.15) is 17.2 Å². The predicted octanol–water partition coefficient (Wildman–Crippen LogP) is 10.2. The zero-order valence-electron chi connectivity index (χ0n) is 29.1. The second-order valence-electron chi connectivity index (χ2n) is 12.2. The molecule has 0 fully saturated rings. The highest BCUT2D eigenvalue weighted by atomic mass is 16.6. The number of unbranched alkanes of at least 4 members (excludes halogenated alkanes) is 5. The van der Waals surface area contributed by atoms with E-state index in [-0.39, 0.29) is 11.7 Å². The standard InChI is InChI=1S/C43H42N2O7/c44-32-33-8-10-34(11-9-33)36-16-22-41(23-17-36)50-30-6-3-7-31-52-43(46)38-14-12-35(13-15-38)37-18-24-40(25-19-37)49-28-4-1-2-5-29-51-42-26-20-39(21-27-42)45(47)48/h8-27H,1-7,28-31H2. The Labute approximate surface area is 304 Å². The summed E-state index contributed by atoms with van der Waals surface area (Å²) in [5.41, 5.74) is 5.37. The Balaban J connectivity index is 0.902. The zero-order chi connectivity index (χ0) is 36.4. The third-order valence-corrected chi connectivity index (χ3v) is 8.42. The molecule has 0 N–H and O–H groups in total. The highest BCUT2D eigenvalue weighted by Crippen LogP contribution is 2.25. The molecule has 0 aliphatic carbocycles. The molecule has 0 bridgehead atoms. The molecule has 0 spiro atoms. The van der Waals surface area contributed by atoms with Gasteiger partial charge in [0.05, 0.1) is 48.5 Å². The topological polar surface area (TPSA) is 121 Å². The van der Waals surface area contributed by atoms with Crippen molar-refractivity contribution < 1.29 is 28.7 Å². The minimum absolute atomic E-state index is 0.0548. The summed E-state index contributed by atoms with van der Waals surface area (Å²) in [4.78, 5) is 22.9. The number of nitriles is 1. The molecule has 266 valence electrons. The Hall–Kier alpha value is -6.14. The van der Waals surface area contributed by atoms with Crippen LogP contribution in [0.25, 0.3) is 22.3 Å². The third-order valence-electron chi connectivity index (χ3n) is 8.42. The molecule has 0 aromatic heterocycles. The summed E-state index contributed by atoms with van der Waals surface area (Å²) in [7, 11) is 0. The molecule has 0 aliphatic heterocycles. The van der Waals surface area contributed by atoms with E-state index in [1.807, 2.05) is 84.9 Å². The largest absolute Gasteiger partial charge is 0.494 e. The first-order chi connectivity index (χ1) is 25.5. The number of ether oxygens (including phenoxy) is 4. The van der Waals surface area contributed by atoms with Gasteiger partial charge in [0.25, 0.3) is 5.69 Å². The summed E-state index contributed by atoms with van der Waals surface area (Å²) < 4.78 is 22.9. The van der Waals surface area contributed by atoms with Gasteiger partial charge in [-0.15, -0.1) is 0 Å². The fourth-order valence-corrected chi connectivity index (χ4v) is 5.44. The molecule has 9 heteroatoms. The van der Waals surface area contributed by atoms with Crippen LogP contribution in [-0.4, -0.2) is 37.3 Å². The molecule has 0 saturated heterocycles. The Kier molecular flexibility index (Phi) is 14.2. The second-order valence-corrected chi connectivity index (χ2v) is 12.2. The number of non-ortho nitro benzene ring substituents is 1. The third kappa shape index (κ3) is 11.7. The van der Waals surface area contributed by atoms with E-state index in [9.17, 15) is 14.9 Å². The quantitative estimate of drug-likeness (QED) is 0.0341. The van der Waals surface area contributed by atoms with Gasteiger partial charge in [-0.25, -0.2) is 4.79 Å². The van der Waals surface area contributed by atoms with Gasteiger partial charge in [-0.2, -0.15) is 5.26 Å². The second kappa shape index (κ2) is 19.9. The smallest absolute Gasteiger partial charge is 0.338 e. The van der Waals surface area contributed by atoms with E-state index in [4.69, 9.17) is 24.2 Å². The van der Waals surface area contributed by atoms with Gasteiger partial charge < -0.3 is 18.9 Å². The van der Waals surface area contributed by atoms with Crippen LogP contribution in [-0.2, 0) is 4.74 Å². The van der Waals surface area contributed by atoms with Crippen molar-refractivity contribution in [3.8, 4) is 45.6 Å². The van der Waals surface area contributed by atoms with E-state index in [0.717, 1.165) is 78.7 Å². The van der Waals surface area contributed by atoms with E-state index in [0.29, 0.717) is 43.3 Å². The zero-order valence-corrected chi connectivity index (χ0v) is 29.1. The number of nitro groups is 1. The van der Waals surface area contributed by atoms with E-state index < -0.39 is 4.92 Å². The molecule has 9 nitrogen and oxygen atoms in total. The molecule has 0 unspecified atom stereocenters. The van der Waals surface area contributed by atoms with Crippen LogP contribution in [0.4, 0.5) is 5.69 Å². The van der Waals surface area contributed by atoms with Crippen LogP contribution in [0.3, 0.4) is 0 Å². The molecule has 0 saturated carbocycles. The van der Waals surface area contributed by atoms with E-state index in [1.165, 1.54) is 12.1 Å². The highest BCUT2D eigenvalue weighted by Gasteiger charge is 2.09. The van der Waals surface area contributed by atoms with Crippen molar-refractivity contribution in [1.82, 2.24) is 0 Å². The van der Waals surface area contributed by atoms with Gasteiger partial charge in [0.15, 0.2) is 0 Å². The fourth-order valence-electron chi connectivity index (χ4n) is 5.44. The minimum Gasteiger partial charge on any atom is -0.494 e. The minimum atomic E-state index is -0.424. The summed E-state index contributed by atoms with van der Waals surface area (Å²) in [5.74, 6) is 1.93. The Morgan fingerprint density at radius 3 is 1.31 bits per heavy atom. The number of nitrogens with zero attached hydrogens (tertiary/aromatic N) is 2. The lowest BCUT2D eigenvalue weighted by Crippen LogP contribution is -2.07. The van der Waals surface area contributed by atoms with Crippen molar-refractivity contribution in [2.24, 2.45) is 0 Å². The summed E-state index contributed by atoms with van der Waals surface area (Å²) in [6.07, 6.45) is 6.38. The lowest BCUT2D eigenvalue weighted by Gasteiger charge is -2.09. The summed E-state index contributed by atoms with van der Waals surface area (Å²) in [5, 5.41) is 19.7. The molecule has 0 heterocycles. The molecule has 52 heavy (non-hydrogen) atoms. The molecular formula is C43H42N2O7. The van der Waals surface area contributed by atoms with Crippen LogP contribution >= 0.6 is 0 Å². The van der Waals surface area contributed by atoms with Crippen molar-refractivity contribution in [2.45, 2.75) is 44.9 Å². The number of benzene rings is 5. The molecule has 0 radical (unpaired) electrons. The number of esters is 1. The maximum atomic E-state index is 12.6. The molecule has 0 aliphatic rings. The predicted molar refractivity (Wildman–Crippen MR) is 201 cm³/mol. The van der Waals surface area contributed by atoms with Crippen molar-refractivity contribution in [3.05, 3.63) is 143 Å². The first-order valence-electron chi connectivity index (χ1n) is 17.6. The average Bonchev–Trinajstić information content (AvgIpc) is 3.19. The van der Waals surface area contributed by atoms with Gasteiger partial charge in [-0.1, -0.05) is 48.5 Å². The first kappa shape index (κ1) is 37.1. The number of carbonyl (C=O) groups is 1. The van der Waals surface area contributed by atoms with Crippen molar-refractivity contribution in [1.29, 1.82) is 5.26 Å². The number of rotatable bonds is 20. The van der Waals surface area contributed by atoms with E-state index in [2.05, 4.69) is 6.07 Å². The number of carbonyl (C=O) groups excluding carboxylic acids is 1. The van der Waals surface area contributed by atoms with Crippen LogP contribution < -0.4 is 14.2 Å². The Bertz CT molecular complexity index is 1880. The van der Waals surface area contributed by atoms with E-state index >= 15 is 0 Å². The van der Waals surface area contributed by atoms with Crippen molar-refractivity contribution in [2.75, 3.05) is 26.4 Å². The summed E-state index contributed by atoms with van der Waals surface area (Å²) in [6.45, 7) is 2.15.